The molecule has 0 aliphatic heterocycles. The van der Waals surface area contributed by atoms with E-state index >= 15 is 0 Å². The molecule has 0 spiro atoms. The second kappa shape index (κ2) is 10.7. The zero-order chi connectivity index (χ0) is 24.1. The van der Waals surface area contributed by atoms with Crippen molar-refractivity contribution in [1.82, 2.24) is 0 Å². The van der Waals surface area contributed by atoms with Crippen molar-refractivity contribution >= 4 is 34.2 Å². The summed E-state index contributed by atoms with van der Waals surface area (Å²) in [5, 5.41) is 3.06. The lowest BCUT2D eigenvalue weighted by Gasteiger charge is -2.18. The van der Waals surface area contributed by atoms with Crippen molar-refractivity contribution in [2.75, 3.05) is 11.9 Å². The minimum Gasteiger partial charge on any atom is -0.462 e. The zero-order valence-corrected chi connectivity index (χ0v) is 19.3. The van der Waals surface area contributed by atoms with Crippen molar-refractivity contribution in [2.24, 2.45) is 5.92 Å². The van der Waals surface area contributed by atoms with E-state index in [1.807, 2.05) is 0 Å². The van der Waals surface area contributed by atoms with Crippen molar-refractivity contribution in [1.29, 1.82) is 0 Å². The first-order chi connectivity index (χ1) is 15.7. The molecule has 1 aliphatic carbocycles. The van der Waals surface area contributed by atoms with Gasteiger partial charge in [-0.1, -0.05) is 13.0 Å². The number of fused-ring (bicyclic) bond motifs is 1. The molecular formula is C23H25F2NO6S. The lowest BCUT2D eigenvalue weighted by Crippen LogP contribution is -2.30. The van der Waals surface area contributed by atoms with Gasteiger partial charge in [0.1, 0.15) is 10.8 Å². The van der Waals surface area contributed by atoms with Crippen LogP contribution in [-0.4, -0.2) is 37.2 Å². The average Bonchev–Trinajstić information content (AvgIpc) is 3.10. The first-order valence-corrected chi connectivity index (χ1v) is 11.4. The normalized spacial score (nSPS) is 16.0. The summed E-state index contributed by atoms with van der Waals surface area (Å²) in [6.07, 6.45) is 1.26. The van der Waals surface area contributed by atoms with E-state index in [0.29, 0.717) is 16.5 Å². The molecule has 0 radical (unpaired) electrons. The molecule has 33 heavy (non-hydrogen) atoms. The monoisotopic (exact) mass is 481 g/mol. The summed E-state index contributed by atoms with van der Waals surface area (Å²) in [7, 11) is 0. The van der Waals surface area contributed by atoms with Crippen LogP contribution in [0.2, 0.25) is 0 Å². The third-order valence-electron chi connectivity index (χ3n) is 5.18. The van der Waals surface area contributed by atoms with Crippen LogP contribution in [0.5, 0.6) is 5.75 Å². The van der Waals surface area contributed by atoms with E-state index in [-0.39, 0.29) is 17.9 Å². The SMILES string of the molecule is CCOC(=O)c1c(NC(=O)C(C)OC(=O)c2cccc(OC(F)F)c2)sc2c1CCC(C)C2. The Morgan fingerprint density at radius 3 is 2.70 bits per heavy atom. The fourth-order valence-corrected chi connectivity index (χ4v) is 4.95. The van der Waals surface area contributed by atoms with Gasteiger partial charge in [-0.2, -0.15) is 8.78 Å². The van der Waals surface area contributed by atoms with Gasteiger partial charge in [-0.3, -0.25) is 4.79 Å². The molecule has 7 nitrogen and oxygen atoms in total. The molecule has 2 unspecified atom stereocenters. The number of hydrogen-bond acceptors (Lipinski definition) is 7. The van der Waals surface area contributed by atoms with Crippen LogP contribution in [-0.2, 0) is 27.1 Å². The molecule has 1 aromatic heterocycles. The minimum absolute atomic E-state index is 0.0411. The van der Waals surface area contributed by atoms with Crippen LogP contribution in [0.15, 0.2) is 24.3 Å². The van der Waals surface area contributed by atoms with E-state index in [2.05, 4.69) is 17.0 Å². The number of nitrogens with one attached hydrogen (secondary N) is 1. The molecule has 1 aromatic carbocycles. The van der Waals surface area contributed by atoms with Gasteiger partial charge in [0.25, 0.3) is 5.91 Å². The fraction of sp³-hybridized carbons (Fsp3) is 0.435. The second-order valence-corrected chi connectivity index (χ2v) is 8.82. The minimum atomic E-state index is -3.03. The number of thiophene rings is 1. The van der Waals surface area contributed by atoms with Crippen molar-refractivity contribution in [2.45, 2.75) is 52.7 Å². The molecule has 1 aliphatic rings. The molecule has 0 bridgehead atoms. The maximum absolute atomic E-state index is 12.7. The lowest BCUT2D eigenvalue weighted by molar-refractivity contribution is -0.123. The summed E-state index contributed by atoms with van der Waals surface area (Å²) in [5.74, 6) is -1.73. The quantitative estimate of drug-likeness (QED) is 0.543. The van der Waals surface area contributed by atoms with Crippen LogP contribution < -0.4 is 10.1 Å². The Bertz CT molecular complexity index is 1040. The summed E-state index contributed by atoms with van der Waals surface area (Å²) in [6, 6.07) is 5.10. The summed E-state index contributed by atoms with van der Waals surface area (Å²) in [5.41, 5.74) is 1.21. The van der Waals surface area contributed by atoms with E-state index in [1.54, 1.807) is 6.92 Å². The van der Waals surface area contributed by atoms with Crippen molar-refractivity contribution in [3.8, 4) is 5.75 Å². The Labute approximate surface area is 194 Å². The average molecular weight is 482 g/mol. The molecule has 1 heterocycles. The number of carbonyl (C=O) groups excluding carboxylic acids is 3. The van der Waals surface area contributed by atoms with Crippen LogP contribution in [0.3, 0.4) is 0 Å². The van der Waals surface area contributed by atoms with Gasteiger partial charge in [-0.05, 0) is 62.8 Å². The van der Waals surface area contributed by atoms with Gasteiger partial charge < -0.3 is 19.5 Å². The fourth-order valence-electron chi connectivity index (χ4n) is 3.55. The second-order valence-electron chi connectivity index (χ2n) is 7.72. The largest absolute Gasteiger partial charge is 0.462 e. The van der Waals surface area contributed by atoms with Crippen LogP contribution in [0.1, 0.15) is 58.3 Å². The predicted octanol–water partition coefficient (Wildman–Crippen LogP) is 4.84. The predicted molar refractivity (Wildman–Crippen MR) is 118 cm³/mol. The Kier molecular flexibility index (Phi) is 8.01. The van der Waals surface area contributed by atoms with Gasteiger partial charge in [0, 0.05) is 4.88 Å². The molecule has 2 aromatic rings. The summed E-state index contributed by atoms with van der Waals surface area (Å²) in [4.78, 5) is 38.8. The third kappa shape index (κ3) is 6.07. The standard InChI is InChI=1S/C23H25F2NO6S/c1-4-30-22(29)18-16-9-8-12(2)10-17(16)33-20(18)26-19(27)13(3)31-21(28)14-6-5-7-15(11-14)32-23(24)25/h5-7,11-13,23H,4,8-10H2,1-3H3,(H,26,27). The Balaban J connectivity index is 1.73. The van der Waals surface area contributed by atoms with Gasteiger partial charge >= 0.3 is 18.6 Å². The van der Waals surface area contributed by atoms with E-state index < -0.39 is 30.6 Å². The van der Waals surface area contributed by atoms with Crippen molar-refractivity contribution in [3.05, 3.63) is 45.8 Å². The molecule has 1 amide bonds. The number of esters is 2. The van der Waals surface area contributed by atoms with Gasteiger partial charge in [-0.15, -0.1) is 11.3 Å². The highest BCUT2D eigenvalue weighted by atomic mass is 32.1. The Morgan fingerprint density at radius 1 is 1.24 bits per heavy atom. The topological polar surface area (TPSA) is 90.9 Å². The van der Waals surface area contributed by atoms with Gasteiger partial charge in [-0.25, -0.2) is 9.59 Å². The van der Waals surface area contributed by atoms with Crippen molar-refractivity contribution in [3.63, 3.8) is 0 Å². The van der Waals surface area contributed by atoms with Crippen LogP contribution in [0.25, 0.3) is 0 Å². The molecular weight excluding hydrogens is 456 g/mol. The highest BCUT2D eigenvalue weighted by Gasteiger charge is 2.30. The molecule has 178 valence electrons. The van der Waals surface area contributed by atoms with Crippen LogP contribution in [0.4, 0.5) is 13.8 Å². The molecule has 0 saturated carbocycles. The van der Waals surface area contributed by atoms with Crippen LogP contribution in [0, 0.1) is 5.92 Å². The maximum Gasteiger partial charge on any atom is 0.387 e. The number of halogens is 2. The number of amides is 1. The van der Waals surface area contributed by atoms with E-state index in [0.717, 1.165) is 35.8 Å². The summed E-state index contributed by atoms with van der Waals surface area (Å²) in [6.45, 7) is 2.39. The van der Waals surface area contributed by atoms with E-state index in [9.17, 15) is 23.2 Å². The highest BCUT2D eigenvalue weighted by Crippen LogP contribution is 2.40. The third-order valence-corrected chi connectivity index (χ3v) is 6.35. The van der Waals surface area contributed by atoms with Gasteiger partial charge in [0.15, 0.2) is 6.10 Å². The Morgan fingerprint density at radius 2 is 2.00 bits per heavy atom. The maximum atomic E-state index is 12.7. The number of ether oxygens (including phenoxy) is 3. The molecule has 10 heteroatoms. The molecule has 3 rings (SSSR count). The zero-order valence-electron chi connectivity index (χ0n) is 18.5. The smallest absolute Gasteiger partial charge is 0.387 e. The highest BCUT2D eigenvalue weighted by molar-refractivity contribution is 7.17. The summed E-state index contributed by atoms with van der Waals surface area (Å²) < 4.78 is 39.5. The number of benzene rings is 1. The van der Waals surface area contributed by atoms with Crippen molar-refractivity contribution < 1.29 is 37.4 Å². The first-order valence-electron chi connectivity index (χ1n) is 10.6. The number of alkyl halides is 2. The van der Waals surface area contributed by atoms with Crippen LogP contribution >= 0.6 is 11.3 Å². The van der Waals surface area contributed by atoms with Gasteiger partial charge in [0.2, 0.25) is 0 Å². The van der Waals surface area contributed by atoms with E-state index in [1.165, 1.54) is 36.5 Å². The van der Waals surface area contributed by atoms with E-state index in [4.69, 9.17) is 9.47 Å². The number of anilines is 1. The lowest BCUT2D eigenvalue weighted by atomic mass is 9.88. The number of hydrogen-bond donors (Lipinski definition) is 1. The molecule has 2 atom stereocenters. The molecule has 0 saturated heterocycles. The number of rotatable bonds is 8. The molecule has 0 fully saturated rings. The number of carbonyl (C=O) groups is 3. The van der Waals surface area contributed by atoms with Gasteiger partial charge in [0.05, 0.1) is 17.7 Å². The first kappa shape index (κ1) is 24.6. The summed E-state index contributed by atoms with van der Waals surface area (Å²) >= 11 is 1.33. The molecule has 1 N–H and O–H groups in total. The Hall–Kier alpha value is -3.01.